The van der Waals surface area contributed by atoms with Crippen LogP contribution in [-0.4, -0.2) is 24.1 Å². The lowest BCUT2D eigenvalue weighted by molar-refractivity contribution is -0.0472. The van der Waals surface area contributed by atoms with Crippen molar-refractivity contribution >= 4 is 22.5 Å². The van der Waals surface area contributed by atoms with Gasteiger partial charge in [-0.05, 0) is 11.6 Å². The van der Waals surface area contributed by atoms with Crippen LogP contribution >= 0.6 is 11.6 Å². The summed E-state index contributed by atoms with van der Waals surface area (Å²) < 4.78 is 5.30. The van der Waals surface area contributed by atoms with Crippen molar-refractivity contribution in [1.82, 2.24) is 4.98 Å². The third-order valence-corrected chi connectivity index (χ3v) is 3.68. The lowest BCUT2D eigenvalue weighted by Crippen LogP contribution is -2.48. The monoisotopic (exact) mass is 221 g/mol. The van der Waals surface area contributed by atoms with Crippen LogP contribution in [0, 0.1) is 0 Å². The molecule has 15 heavy (non-hydrogen) atoms. The SMILES string of the molecule is ClCC1(c2c[nH]c3ccccc23)COC1. The fourth-order valence-corrected chi connectivity index (χ4v) is 2.46. The van der Waals surface area contributed by atoms with Crippen molar-refractivity contribution < 1.29 is 4.74 Å². The summed E-state index contributed by atoms with van der Waals surface area (Å²) in [5, 5.41) is 1.27. The topological polar surface area (TPSA) is 25.0 Å². The summed E-state index contributed by atoms with van der Waals surface area (Å²) in [7, 11) is 0. The van der Waals surface area contributed by atoms with Gasteiger partial charge in [0, 0.05) is 23.0 Å². The maximum absolute atomic E-state index is 6.06. The van der Waals surface area contributed by atoms with Gasteiger partial charge in [0.25, 0.3) is 0 Å². The zero-order chi connectivity index (χ0) is 10.3. The Labute approximate surface area is 93.2 Å². The molecule has 1 fully saturated rings. The summed E-state index contributed by atoms with van der Waals surface area (Å²) in [6.07, 6.45) is 2.07. The Balaban J connectivity index is 2.18. The van der Waals surface area contributed by atoms with E-state index in [1.165, 1.54) is 16.5 Å². The Bertz CT molecular complexity index is 482. The molecule has 1 aromatic carbocycles. The standard InChI is InChI=1S/C12H12ClNO/c13-6-12(7-15-8-12)10-5-14-11-4-2-1-3-9(10)11/h1-5,14H,6-8H2. The summed E-state index contributed by atoms with van der Waals surface area (Å²) in [6.45, 7) is 1.47. The zero-order valence-corrected chi connectivity index (χ0v) is 9.05. The van der Waals surface area contributed by atoms with Gasteiger partial charge in [-0.3, -0.25) is 0 Å². The molecule has 0 saturated carbocycles. The number of hydrogen-bond acceptors (Lipinski definition) is 1. The maximum Gasteiger partial charge on any atom is 0.0598 e. The molecule has 0 spiro atoms. The first-order chi connectivity index (χ1) is 7.36. The van der Waals surface area contributed by atoms with Gasteiger partial charge in [0.05, 0.1) is 18.6 Å². The highest BCUT2D eigenvalue weighted by Gasteiger charge is 2.41. The first-order valence-electron chi connectivity index (χ1n) is 5.06. The van der Waals surface area contributed by atoms with Crippen LogP contribution in [0.25, 0.3) is 10.9 Å². The zero-order valence-electron chi connectivity index (χ0n) is 8.29. The Morgan fingerprint density at radius 1 is 1.33 bits per heavy atom. The van der Waals surface area contributed by atoms with Crippen LogP contribution in [0.3, 0.4) is 0 Å². The minimum absolute atomic E-state index is 0.0289. The van der Waals surface area contributed by atoms with Crippen molar-refractivity contribution in [3.05, 3.63) is 36.0 Å². The van der Waals surface area contributed by atoms with E-state index in [0.29, 0.717) is 5.88 Å². The minimum Gasteiger partial charge on any atom is -0.379 e. The first-order valence-corrected chi connectivity index (χ1v) is 5.59. The number of alkyl halides is 1. The molecule has 1 saturated heterocycles. The molecule has 2 aromatic rings. The molecule has 2 nitrogen and oxygen atoms in total. The number of rotatable bonds is 2. The van der Waals surface area contributed by atoms with Crippen LogP contribution in [-0.2, 0) is 10.2 Å². The molecule has 3 heteroatoms. The van der Waals surface area contributed by atoms with E-state index in [1.807, 2.05) is 6.07 Å². The highest BCUT2D eigenvalue weighted by atomic mass is 35.5. The number of nitrogens with one attached hydrogen (secondary N) is 1. The van der Waals surface area contributed by atoms with E-state index in [1.54, 1.807) is 0 Å². The van der Waals surface area contributed by atoms with Crippen molar-refractivity contribution in [2.45, 2.75) is 5.41 Å². The van der Waals surface area contributed by atoms with Gasteiger partial charge in [0.1, 0.15) is 0 Å². The molecular weight excluding hydrogens is 210 g/mol. The van der Waals surface area contributed by atoms with Crippen molar-refractivity contribution in [1.29, 1.82) is 0 Å². The van der Waals surface area contributed by atoms with Gasteiger partial charge in [-0.2, -0.15) is 0 Å². The van der Waals surface area contributed by atoms with Gasteiger partial charge in [-0.25, -0.2) is 0 Å². The lowest BCUT2D eigenvalue weighted by Gasteiger charge is -2.39. The fraction of sp³-hybridized carbons (Fsp3) is 0.333. The predicted octanol–water partition coefficient (Wildman–Crippen LogP) is 2.67. The average molecular weight is 222 g/mol. The van der Waals surface area contributed by atoms with Gasteiger partial charge >= 0.3 is 0 Å². The number of benzene rings is 1. The molecule has 2 heterocycles. The molecule has 1 aliphatic rings. The highest BCUT2D eigenvalue weighted by Crippen LogP contribution is 2.37. The number of hydrogen-bond donors (Lipinski definition) is 1. The summed E-state index contributed by atoms with van der Waals surface area (Å²) in [4.78, 5) is 3.28. The number of H-pyrrole nitrogens is 1. The van der Waals surface area contributed by atoms with Crippen LogP contribution in [0.4, 0.5) is 0 Å². The summed E-state index contributed by atoms with van der Waals surface area (Å²) >= 11 is 6.06. The van der Waals surface area contributed by atoms with Gasteiger partial charge in [-0.15, -0.1) is 11.6 Å². The van der Waals surface area contributed by atoms with E-state index in [4.69, 9.17) is 16.3 Å². The van der Waals surface area contributed by atoms with E-state index >= 15 is 0 Å². The molecule has 1 aromatic heterocycles. The van der Waals surface area contributed by atoms with Crippen molar-refractivity contribution in [2.24, 2.45) is 0 Å². The number of halogens is 1. The van der Waals surface area contributed by atoms with Crippen LogP contribution in [0.2, 0.25) is 0 Å². The summed E-state index contributed by atoms with van der Waals surface area (Å²) in [5.41, 5.74) is 2.49. The molecule has 0 bridgehead atoms. The van der Waals surface area contributed by atoms with Crippen LogP contribution < -0.4 is 0 Å². The van der Waals surface area contributed by atoms with Crippen molar-refractivity contribution in [2.75, 3.05) is 19.1 Å². The van der Waals surface area contributed by atoms with E-state index < -0.39 is 0 Å². The number of aromatic nitrogens is 1. The van der Waals surface area contributed by atoms with Crippen molar-refractivity contribution in [3.63, 3.8) is 0 Å². The molecule has 0 atom stereocenters. The number of para-hydroxylation sites is 1. The summed E-state index contributed by atoms with van der Waals surface area (Å²) in [6, 6.07) is 8.31. The summed E-state index contributed by atoms with van der Waals surface area (Å²) in [5.74, 6) is 0.620. The van der Waals surface area contributed by atoms with E-state index in [-0.39, 0.29) is 5.41 Å². The quantitative estimate of drug-likeness (QED) is 0.775. The van der Waals surface area contributed by atoms with Gasteiger partial charge in [0.2, 0.25) is 0 Å². The predicted molar refractivity (Wildman–Crippen MR) is 61.5 cm³/mol. The van der Waals surface area contributed by atoms with E-state index in [0.717, 1.165) is 13.2 Å². The molecule has 0 unspecified atom stereocenters. The average Bonchev–Trinajstić information content (AvgIpc) is 2.62. The van der Waals surface area contributed by atoms with Gasteiger partial charge in [0.15, 0.2) is 0 Å². The van der Waals surface area contributed by atoms with Crippen molar-refractivity contribution in [3.8, 4) is 0 Å². The Kier molecular flexibility index (Phi) is 2.01. The highest BCUT2D eigenvalue weighted by molar-refractivity contribution is 6.19. The lowest BCUT2D eigenvalue weighted by atomic mass is 9.80. The molecule has 78 valence electrons. The second kappa shape index (κ2) is 3.26. The first kappa shape index (κ1) is 9.25. The van der Waals surface area contributed by atoms with Gasteiger partial charge < -0.3 is 9.72 Å². The second-order valence-electron chi connectivity index (χ2n) is 4.15. The smallest absolute Gasteiger partial charge is 0.0598 e. The third kappa shape index (κ3) is 1.22. The molecule has 3 rings (SSSR count). The molecule has 1 N–H and O–H groups in total. The van der Waals surface area contributed by atoms with Crippen LogP contribution in [0.1, 0.15) is 5.56 Å². The maximum atomic E-state index is 6.06. The Morgan fingerprint density at radius 3 is 2.80 bits per heavy atom. The minimum atomic E-state index is 0.0289. The molecule has 0 aliphatic carbocycles. The van der Waals surface area contributed by atoms with E-state index in [9.17, 15) is 0 Å². The number of fused-ring (bicyclic) bond motifs is 1. The van der Waals surface area contributed by atoms with Crippen LogP contribution in [0.5, 0.6) is 0 Å². The molecule has 0 radical (unpaired) electrons. The van der Waals surface area contributed by atoms with Crippen LogP contribution in [0.15, 0.2) is 30.5 Å². The van der Waals surface area contributed by atoms with Gasteiger partial charge in [-0.1, -0.05) is 18.2 Å². The fourth-order valence-electron chi connectivity index (χ4n) is 2.16. The third-order valence-electron chi connectivity index (χ3n) is 3.17. The Morgan fingerprint density at radius 2 is 2.13 bits per heavy atom. The number of aromatic amines is 1. The molecule has 1 aliphatic heterocycles. The normalized spacial score (nSPS) is 19.0. The number of ether oxygens (including phenoxy) is 1. The Hall–Kier alpha value is -0.990. The second-order valence-corrected chi connectivity index (χ2v) is 4.42. The molecule has 0 amide bonds. The largest absolute Gasteiger partial charge is 0.379 e. The van der Waals surface area contributed by atoms with E-state index in [2.05, 4.69) is 29.4 Å². The molecular formula is C12H12ClNO.